The third kappa shape index (κ3) is 4.91. The summed E-state index contributed by atoms with van der Waals surface area (Å²) >= 11 is 0. The number of nitrogens with one attached hydrogen (secondary N) is 2. The van der Waals surface area contributed by atoms with Gasteiger partial charge in [0.2, 0.25) is 5.88 Å². The van der Waals surface area contributed by atoms with Crippen LogP contribution in [0.2, 0.25) is 0 Å². The van der Waals surface area contributed by atoms with Gasteiger partial charge in [-0.25, -0.2) is 4.98 Å². The molecular weight excluding hydrogens is 262 g/mol. The van der Waals surface area contributed by atoms with E-state index in [9.17, 15) is 0 Å². The van der Waals surface area contributed by atoms with Gasteiger partial charge in [0.1, 0.15) is 0 Å². The fraction of sp³-hybridized carbons (Fsp3) is 0.294. The Morgan fingerprint density at radius 1 is 1.24 bits per heavy atom. The third-order valence-electron chi connectivity index (χ3n) is 2.85. The molecule has 21 heavy (non-hydrogen) atoms. The number of pyridine rings is 1. The molecule has 0 saturated heterocycles. The van der Waals surface area contributed by atoms with Crippen molar-refractivity contribution < 1.29 is 4.74 Å². The van der Waals surface area contributed by atoms with Gasteiger partial charge in [-0.2, -0.15) is 0 Å². The molecule has 0 saturated carbocycles. The van der Waals surface area contributed by atoms with Crippen LogP contribution in [0.1, 0.15) is 30.5 Å². The van der Waals surface area contributed by atoms with Crippen molar-refractivity contribution in [1.82, 2.24) is 4.98 Å². The molecule has 0 aliphatic rings. The van der Waals surface area contributed by atoms with Gasteiger partial charge in [0.05, 0.1) is 7.11 Å². The topological polar surface area (TPSA) is 58.0 Å². The molecule has 0 atom stereocenters. The molecule has 2 N–H and O–H groups in total. The van der Waals surface area contributed by atoms with Crippen LogP contribution in [0, 0.1) is 12.3 Å². The summed E-state index contributed by atoms with van der Waals surface area (Å²) in [4.78, 5) is 4.07. The fourth-order valence-corrected chi connectivity index (χ4v) is 1.83. The molecule has 1 aromatic carbocycles. The molecule has 2 aromatic rings. The molecule has 4 nitrogen and oxygen atoms in total. The molecule has 2 rings (SSSR count). The monoisotopic (exact) mass is 285 g/mol. The van der Waals surface area contributed by atoms with Crippen LogP contribution in [0.4, 0.5) is 5.69 Å². The fourth-order valence-electron chi connectivity index (χ4n) is 1.83. The zero-order valence-corrected chi connectivity index (χ0v) is 13.1. The van der Waals surface area contributed by atoms with Crippen LogP contribution < -0.4 is 10.1 Å². The maximum Gasteiger partial charge on any atom is 0.213 e. The van der Waals surface area contributed by atoms with E-state index in [4.69, 9.17) is 10.1 Å². The van der Waals surface area contributed by atoms with Crippen molar-refractivity contribution in [3.05, 3.63) is 53.2 Å². The molecule has 112 valence electrons. The number of aromatic nitrogens is 1. The zero-order chi connectivity index (χ0) is 15.7. The second-order valence-corrected chi connectivity index (χ2v) is 4.30. The van der Waals surface area contributed by atoms with Crippen LogP contribution in [0.3, 0.4) is 0 Å². The van der Waals surface area contributed by atoms with Crippen molar-refractivity contribution in [2.24, 2.45) is 0 Å². The van der Waals surface area contributed by atoms with Crippen LogP contribution >= 0.6 is 0 Å². The van der Waals surface area contributed by atoms with E-state index >= 15 is 0 Å². The SMILES string of the molecule is CC.COc1cc(CNc2ccc(C)cc2C=N)ccn1. The summed E-state index contributed by atoms with van der Waals surface area (Å²) < 4.78 is 5.09. The van der Waals surface area contributed by atoms with Gasteiger partial charge in [0.25, 0.3) is 0 Å². The van der Waals surface area contributed by atoms with Crippen molar-refractivity contribution in [2.75, 3.05) is 12.4 Å². The highest BCUT2D eigenvalue weighted by atomic mass is 16.5. The molecule has 0 amide bonds. The third-order valence-corrected chi connectivity index (χ3v) is 2.85. The predicted octanol–water partition coefficient (Wildman–Crippen LogP) is 4.03. The van der Waals surface area contributed by atoms with Crippen LogP contribution in [0.5, 0.6) is 5.88 Å². The molecule has 4 heteroatoms. The number of methoxy groups -OCH3 is 1. The molecule has 0 fully saturated rings. The van der Waals surface area contributed by atoms with E-state index in [1.165, 1.54) is 6.21 Å². The molecule has 0 aliphatic carbocycles. The Morgan fingerprint density at radius 2 is 2.00 bits per heavy atom. The second kappa shape index (κ2) is 8.74. The van der Waals surface area contributed by atoms with E-state index in [2.05, 4.69) is 10.3 Å². The summed E-state index contributed by atoms with van der Waals surface area (Å²) in [5.41, 5.74) is 4.08. The Morgan fingerprint density at radius 3 is 2.67 bits per heavy atom. The highest BCUT2D eigenvalue weighted by Crippen LogP contribution is 2.17. The van der Waals surface area contributed by atoms with Gasteiger partial charge < -0.3 is 15.5 Å². The molecule has 0 unspecified atom stereocenters. The first kappa shape index (κ1) is 16.7. The molecule has 0 spiro atoms. The number of anilines is 1. The molecule has 0 radical (unpaired) electrons. The number of hydrogen-bond acceptors (Lipinski definition) is 4. The number of hydrogen-bond donors (Lipinski definition) is 2. The van der Waals surface area contributed by atoms with E-state index in [0.29, 0.717) is 12.4 Å². The molecular formula is C17H23N3O. The minimum Gasteiger partial charge on any atom is -0.481 e. The number of aryl methyl sites for hydroxylation is 1. The van der Waals surface area contributed by atoms with Crippen LogP contribution in [0.25, 0.3) is 0 Å². The molecule has 1 aromatic heterocycles. The first-order valence-electron chi connectivity index (χ1n) is 7.07. The van der Waals surface area contributed by atoms with E-state index in [1.807, 2.05) is 51.1 Å². The van der Waals surface area contributed by atoms with Crippen molar-refractivity contribution in [2.45, 2.75) is 27.3 Å². The molecule has 1 heterocycles. The van der Waals surface area contributed by atoms with E-state index < -0.39 is 0 Å². The lowest BCUT2D eigenvalue weighted by Crippen LogP contribution is -2.03. The Labute approximate surface area is 126 Å². The smallest absolute Gasteiger partial charge is 0.213 e. The minimum atomic E-state index is 0.607. The van der Waals surface area contributed by atoms with Gasteiger partial charge in [-0.3, -0.25) is 0 Å². The van der Waals surface area contributed by atoms with Gasteiger partial charge in [-0.05, 0) is 30.7 Å². The van der Waals surface area contributed by atoms with Gasteiger partial charge in [0.15, 0.2) is 0 Å². The van der Waals surface area contributed by atoms with Crippen LogP contribution in [0.15, 0.2) is 36.5 Å². The lowest BCUT2D eigenvalue weighted by atomic mass is 10.1. The Hall–Kier alpha value is -2.36. The lowest BCUT2D eigenvalue weighted by molar-refractivity contribution is 0.397. The standard InChI is InChI=1S/C15H17N3O.C2H6/c1-11-3-4-14(13(7-11)9-16)18-10-12-5-6-17-15(8-12)19-2;1-2/h3-9,16,18H,10H2,1-2H3;1-2H3. The highest BCUT2D eigenvalue weighted by molar-refractivity contribution is 5.86. The number of nitrogens with zero attached hydrogens (tertiary/aromatic N) is 1. The Bertz CT molecular complexity index is 582. The maximum atomic E-state index is 7.43. The molecule has 0 aliphatic heterocycles. The van der Waals surface area contributed by atoms with Crippen LogP contribution in [-0.2, 0) is 6.54 Å². The van der Waals surface area contributed by atoms with Crippen LogP contribution in [-0.4, -0.2) is 18.3 Å². The van der Waals surface area contributed by atoms with Crippen molar-refractivity contribution >= 4 is 11.9 Å². The first-order chi connectivity index (χ1) is 10.2. The number of rotatable bonds is 5. The van der Waals surface area contributed by atoms with E-state index in [-0.39, 0.29) is 0 Å². The van der Waals surface area contributed by atoms with E-state index in [1.54, 1.807) is 13.3 Å². The number of benzene rings is 1. The average molecular weight is 285 g/mol. The Kier molecular flexibility index (Phi) is 6.95. The maximum absolute atomic E-state index is 7.43. The predicted molar refractivity (Wildman–Crippen MR) is 88.5 cm³/mol. The first-order valence-corrected chi connectivity index (χ1v) is 7.07. The summed E-state index contributed by atoms with van der Waals surface area (Å²) in [5, 5.41) is 10.8. The summed E-state index contributed by atoms with van der Waals surface area (Å²) in [6, 6.07) is 9.85. The summed E-state index contributed by atoms with van der Waals surface area (Å²) in [6.45, 7) is 6.69. The van der Waals surface area contributed by atoms with Gasteiger partial charge in [0, 0.05) is 36.3 Å². The Balaban J connectivity index is 0.00000106. The second-order valence-electron chi connectivity index (χ2n) is 4.30. The van der Waals surface area contributed by atoms with E-state index in [0.717, 1.165) is 22.4 Å². The summed E-state index contributed by atoms with van der Waals surface area (Å²) in [5.74, 6) is 0.607. The summed E-state index contributed by atoms with van der Waals surface area (Å²) in [7, 11) is 1.60. The van der Waals surface area contributed by atoms with Crippen molar-refractivity contribution in [1.29, 1.82) is 5.41 Å². The summed E-state index contributed by atoms with van der Waals surface area (Å²) in [6.07, 6.45) is 3.09. The number of ether oxygens (including phenoxy) is 1. The highest BCUT2D eigenvalue weighted by Gasteiger charge is 2.01. The average Bonchev–Trinajstić information content (AvgIpc) is 2.55. The van der Waals surface area contributed by atoms with Gasteiger partial charge in [-0.15, -0.1) is 0 Å². The van der Waals surface area contributed by atoms with Crippen molar-refractivity contribution in [3.8, 4) is 5.88 Å². The minimum absolute atomic E-state index is 0.607. The largest absolute Gasteiger partial charge is 0.481 e. The lowest BCUT2D eigenvalue weighted by Gasteiger charge is -2.10. The van der Waals surface area contributed by atoms with Gasteiger partial charge >= 0.3 is 0 Å². The normalized spacial score (nSPS) is 9.33. The quantitative estimate of drug-likeness (QED) is 0.815. The zero-order valence-electron chi connectivity index (χ0n) is 13.1. The molecule has 0 bridgehead atoms. The van der Waals surface area contributed by atoms with Crippen molar-refractivity contribution in [3.63, 3.8) is 0 Å². The van der Waals surface area contributed by atoms with Gasteiger partial charge in [-0.1, -0.05) is 25.5 Å².